The maximum atomic E-state index is 13.3. The quantitative estimate of drug-likeness (QED) is 0.380. The predicted molar refractivity (Wildman–Crippen MR) is 128 cm³/mol. The summed E-state index contributed by atoms with van der Waals surface area (Å²) in [5.41, 5.74) is 3.17. The van der Waals surface area contributed by atoms with Crippen LogP contribution in [0.4, 0.5) is 0 Å². The third kappa shape index (κ3) is 3.87. The largest absolute Gasteiger partial charge is 0.472 e. The smallest absolute Gasteiger partial charge is 0.255 e. The first-order valence-corrected chi connectivity index (χ1v) is 11.7. The Hall–Kier alpha value is -3.87. The molecule has 7 nitrogen and oxygen atoms in total. The summed E-state index contributed by atoms with van der Waals surface area (Å²) in [5.74, 6) is -0.0880. The number of H-pyrrole nitrogens is 1. The number of benzene rings is 2. The fourth-order valence-corrected chi connectivity index (χ4v) is 5.10. The molecule has 0 saturated heterocycles. The maximum Gasteiger partial charge on any atom is 0.255 e. The second-order valence-electron chi connectivity index (χ2n) is 9.65. The first kappa shape index (κ1) is 20.7. The zero-order chi connectivity index (χ0) is 23.1. The average Bonchev–Trinajstić information content (AvgIpc) is 3.21. The van der Waals surface area contributed by atoms with Crippen molar-refractivity contribution < 1.29 is 14.0 Å². The Morgan fingerprint density at radius 1 is 1.12 bits per heavy atom. The molecule has 2 saturated carbocycles. The van der Waals surface area contributed by atoms with Gasteiger partial charge >= 0.3 is 0 Å². The molecule has 6 rings (SSSR count). The molecule has 34 heavy (non-hydrogen) atoms. The second kappa shape index (κ2) is 8.17. The molecular weight excluding hydrogens is 428 g/mol. The molecule has 2 fully saturated rings. The fourth-order valence-electron chi connectivity index (χ4n) is 5.10. The van der Waals surface area contributed by atoms with Crippen LogP contribution >= 0.6 is 0 Å². The molecule has 2 heterocycles. The van der Waals surface area contributed by atoms with Crippen LogP contribution in [0.2, 0.25) is 0 Å². The monoisotopic (exact) mass is 454 g/mol. The Morgan fingerprint density at radius 2 is 1.94 bits per heavy atom. The average molecular weight is 455 g/mol. The zero-order valence-corrected chi connectivity index (χ0v) is 18.7. The Labute approximate surface area is 196 Å². The highest BCUT2D eigenvalue weighted by atomic mass is 16.3. The van der Waals surface area contributed by atoms with Crippen molar-refractivity contribution in [3.63, 3.8) is 0 Å². The molecule has 0 bridgehead atoms. The van der Waals surface area contributed by atoms with Crippen molar-refractivity contribution >= 4 is 22.6 Å². The molecule has 4 aromatic rings. The Morgan fingerprint density at radius 3 is 2.71 bits per heavy atom. The van der Waals surface area contributed by atoms with E-state index in [0.717, 1.165) is 34.7 Å². The SMILES string of the molecule is O=C(NC(CNC(=O)C1CC2(CC2)C1)c1ccc2ccccc2c1)c1cn[nH]c1-c1ccoc1. The molecule has 2 aromatic heterocycles. The van der Waals surface area contributed by atoms with Crippen LogP contribution in [0.15, 0.2) is 71.7 Å². The van der Waals surface area contributed by atoms with E-state index in [9.17, 15) is 9.59 Å². The van der Waals surface area contributed by atoms with E-state index in [0.29, 0.717) is 23.2 Å². The Bertz CT molecular complexity index is 1350. The van der Waals surface area contributed by atoms with E-state index in [1.165, 1.54) is 19.0 Å². The number of nitrogens with zero attached hydrogens (tertiary/aromatic N) is 1. The summed E-state index contributed by atoms with van der Waals surface area (Å²) in [5, 5.41) is 15.4. The molecule has 0 radical (unpaired) electrons. The van der Waals surface area contributed by atoms with Gasteiger partial charge in [0.25, 0.3) is 5.91 Å². The van der Waals surface area contributed by atoms with E-state index in [2.05, 4.69) is 33.0 Å². The normalized spacial score (nSPS) is 17.3. The van der Waals surface area contributed by atoms with Crippen molar-refractivity contribution in [3.8, 4) is 11.3 Å². The molecule has 2 aliphatic rings. The van der Waals surface area contributed by atoms with E-state index in [-0.39, 0.29) is 23.8 Å². The summed E-state index contributed by atoms with van der Waals surface area (Å²) in [6.07, 6.45) is 9.14. The number of nitrogens with one attached hydrogen (secondary N) is 3. The number of furan rings is 1. The minimum Gasteiger partial charge on any atom is -0.472 e. The van der Waals surface area contributed by atoms with E-state index < -0.39 is 0 Å². The zero-order valence-electron chi connectivity index (χ0n) is 18.7. The Kier molecular flexibility index (Phi) is 4.98. The molecular formula is C27H26N4O3. The maximum absolute atomic E-state index is 13.3. The molecule has 3 N–H and O–H groups in total. The van der Waals surface area contributed by atoms with Crippen LogP contribution < -0.4 is 10.6 Å². The highest BCUT2D eigenvalue weighted by Crippen LogP contribution is 2.63. The molecule has 0 aliphatic heterocycles. The number of carbonyl (C=O) groups excluding carboxylic acids is 2. The molecule has 7 heteroatoms. The van der Waals surface area contributed by atoms with Gasteiger partial charge in [-0.2, -0.15) is 5.10 Å². The first-order chi connectivity index (χ1) is 16.6. The van der Waals surface area contributed by atoms with Crippen molar-refractivity contribution in [1.82, 2.24) is 20.8 Å². The lowest BCUT2D eigenvalue weighted by molar-refractivity contribution is -0.129. The van der Waals surface area contributed by atoms with Gasteiger partial charge in [-0.05, 0) is 59.6 Å². The summed E-state index contributed by atoms with van der Waals surface area (Å²) >= 11 is 0. The predicted octanol–water partition coefficient (Wildman–Crippen LogP) is 4.60. The number of hydrogen-bond acceptors (Lipinski definition) is 4. The summed E-state index contributed by atoms with van der Waals surface area (Å²) in [6.45, 7) is 0.325. The number of amides is 2. The van der Waals surface area contributed by atoms with Crippen LogP contribution in [-0.2, 0) is 4.79 Å². The summed E-state index contributed by atoms with van der Waals surface area (Å²) in [6, 6.07) is 15.6. The van der Waals surface area contributed by atoms with E-state index in [1.54, 1.807) is 18.6 Å². The lowest BCUT2D eigenvalue weighted by Gasteiger charge is -2.35. The lowest BCUT2D eigenvalue weighted by atomic mass is 9.71. The molecule has 1 atom stereocenters. The van der Waals surface area contributed by atoms with Crippen LogP contribution in [0, 0.1) is 11.3 Å². The first-order valence-electron chi connectivity index (χ1n) is 11.7. The highest BCUT2D eigenvalue weighted by Gasteiger charge is 2.54. The number of carbonyl (C=O) groups is 2. The van der Waals surface area contributed by atoms with Gasteiger partial charge in [-0.25, -0.2) is 0 Å². The van der Waals surface area contributed by atoms with Crippen LogP contribution in [0.5, 0.6) is 0 Å². The molecule has 2 aromatic carbocycles. The molecule has 2 amide bonds. The Balaban J connectivity index is 1.23. The van der Waals surface area contributed by atoms with Crippen molar-refractivity contribution in [1.29, 1.82) is 0 Å². The number of aromatic amines is 1. The van der Waals surface area contributed by atoms with Gasteiger partial charge in [0.05, 0.1) is 36.0 Å². The fraction of sp³-hybridized carbons (Fsp3) is 0.296. The van der Waals surface area contributed by atoms with Gasteiger partial charge in [-0.3, -0.25) is 14.7 Å². The molecule has 1 unspecified atom stereocenters. The van der Waals surface area contributed by atoms with Crippen molar-refractivity contribution in [2.24, 2.45) is 11.3 Å². The highest BCUT2D eigenvalue weighted by molar-refractivity contribution is 6.00. The number of fused-ring (bicyclic) bond motifs is 1. The van der Waals surface area contributed by atoms with Gasteiger partial charge in [0.1, 0.15) is 0 Å². The van der Waals surface area contributed by atoms with E-state index in [4.69, 9.17) is 4.42 Å². The van der Waals surface area contributed by atoms with E-state index >= 15 is 0 Å². The van der Waals surface area contributed by atoms with Gasteiger partial charge < -0.3 is 15.1 Å². The van der Waals surface area contributed by atoms with Gasteiger partial charge in [0.2, 0.25) is 5.91 Å². The summed E-state index contributed by atoms with van der Waals surface area (Å²) < 4.78 is 5.16. The summed E-state index contributed by atoms with van der Waals surface area (Å²) in [4.78, 5) is 26.1. The molecule has 1 spiro atoms. The van der Waals surface area contributed by atoms with Gasteiger partial charge in [-0.1, -0.05) is 36.4 Å². The standard InChI is InChI=1S/C27H26N4O3/c32-25(21-12-27(13-21)8-9-27)28-15-23(19-6-5-17-3-1-2-4-18(17)11-19)30-26(33)22-14-29-31-24(22)20-7-10-34-16-20/h1-7,10-11,14,16,21,23H,8-9,12-13,15H2,(H,28,32)(H,29,31)(H,30,33). The van der Waals surface area contributed by atoms with E-state index in [1.807, 2.05) is 30.3 Å². The minimum atomic E-state index is -0.386. The van der Waals surface area contributed by atoms with Gasteiger partial charge in [0.15, 0.2) is 0 Å². The van der Waals surface area contributed by atoms with Crippen molar-refractivity contribution in [2.45, 2.75) is 31.7 Å². The van der Waals surface area contributed by atoms with Crippen molar-refractivity contribution in [3.05, 3.63) is 78.4 Å². The van der Waals surface area contributed by atoms with Crippen LogP contribution in [-0.4, -0.2) is 28.6 Å². The molecule has 172 valence electrons. The van der Waals surface area contributed by atoms with Gasteiger partial charge in [0, 0.05) is 18.0 Å². The van der Waals surface area contributed by atoms with Gasteiger partial charge in [-0.15, -0.1) is 0 Å². The third-order valence-corrected chi connectivity index (χ3v) is 7.34. The van der Waals surface area contributed by atoms with Crippen LogP contribution in [0.25, 0.3) is 22.0 Å². The minimum absolute atomic E-state index is 0.0833. The second-order valence-corrected chi connectivity index (χ2v) is 9.65. The third-order valence-electron chi connectivity index (χ3n) is 7.34. The molecule has 2 aliphatic carbocycles. The van der Waals surface area contributed by atoms with Crippen LogP contribution in [0.1, 0.15) is 47.6 Å². The topological polar surface area (TPSA) is 100 Å². The number of rotatable bonds is 7. The summed E-state index contributed by atoms with van der Waals surface area (Å²) in [7, 11) is 0. The lowest BCUT2D eigenvalue weighted by Crippen LogP contribution is -2.43. The number of aromatic nitrogens is 2. The van der Waals surface area contributed by atoms with Crippen LogP contribution in [0.3, 0.4) is 0 Å². The number of hydrogen-bond donors (Lipinski definition) is 3. The van der Waals surface area contributed by atoms with Crippen molar-refractivity contribution in [2.75, 3.05) is 6.54 Å².